The molecule has 14 heteroatoms. The summed E-state index contributed by atoms with van der Waals surface area (Å²) in [6.45, 7) is 3.95. The van der Waals surface area contributed by atoms with Crippen molar-refractivity contribution in [1.29, 1.82) is 0 Å². The van der Waals surface area contributed by atoms with Crippen molar-refractivity contribution in [2.75, 3.05) is 39.6 Å². The van der Waals surface area contributed by atoms with Crippen molar-refractivity contribution in [2.24, 2.45) is 0 Å². The van der Waals surface area contributed by atoms with E-state index >= 15 is 0 Å². The molecular formula is C34H32O10S4. The van der Waals surface area contributed by atoms with Crippen LogP contribution in [0.5, 0.6) is 11.5 Å². The van der Waals surface area contributed by atoms with Gasteiger partial charge in [-0.15, -0.1) is 0 Å². The lowest BCUT2D eigenvalue weighted by Gasteiger charge is -2.14. The number of ether oxygens (including phenoxy) is 6. The first-order chi connectivity index (χ1) is 23.4. The molecule has 5 rings (SSSR count). The second kappa shape index (κ2) is 17.6. The molecule has 0 saturated carbocycles. The summed E-state index contributed by atoms with van der Waals surface area (Å²) < 4.78 is 34.1. The molecule has 0 aromatic heterocycles. The molecule has 48 heavy (non-hydrogen) atoms. The van der Waals surface area contributed by atoms with Crippen LogP contribution in [0.4, 0.5) is 0 Å². The Balaban J connectivity index is 1.42. The largest absolute Gasteiger partial charge is 0.490 e. The first-order valence-corrected chi connectivity index (χ1v) is 18.5. The Kier molecular flexibility index (Phi) is 13.1. The summed E-state index contributed by atoms with van der Waals surface area (Å²) in [6, 6.07) is 11.9. The van der Waals surface area contributed by atoms with Gasteiger partial charge in [0.05, 0.1) is 21.7 Å². The fourth-order valence-corrected chi connectivity index (χ4v) is 8.69. The van der Waals surface area contributed by atoms with Gasteiger partial charge in [0.15, 0.2) is 0 Å². The summed E-state index contributed by atoms with van der Waals surface area (Å²) >= 11 is 6.61. The van der Waals surface area contributed by atoms with Crippen molar-refractivity contribution in [2.45, 2.75) is 26.7 Å². The number of benzene rings is 3. The third-order valence-corrected chi connectivity index (χ3v) is 11.0. The van der Waals surface area contributed by atoms with Gasteiger partial charge >= 0.3 is 23.9 Å². The molecule has 0 aliphatic carbocycles. The van der Waals surface area contributed by atoms with Crippen LogP contribution < -0.4 is 19.9 Å². The summed E-state index contributed by atoms with van der Waals surface area (Å²) in [7, 11) is 0. The predicted octanol–water partition coefficient (Wildman–Crippen LogP) is 5.78. The van der Waals surface area contributed by atoms with Crippen LogP contribution >= 0.6 is 47.0 Å². The summed E-state index contributed by atoms with van der Waals surface area (Å²) in [5, 5.41) is 14.4. The normalized spacial score (nSPS) is 13.6. The van der Waals surface area contributed by atoms with Crippen LogP contribution in [0, 0.1) is 0 Å². The van der Waals surface area contributed by atoms with Gasteiger partial charge in [0.25, 0.3) is 0 Å². The lowest BCUT2D eigenvalue weighted by atomic mass is 9.98. The highest BCUT2D eigenvalue weighted by Crippen LogP contribution is 2.41. The molecule has 0 unspecified atom stereocenters. The fourth-order valence-electron chi connectivity index (χ4n) is 4.85. The average Bonchev–Trinajstić information content (AvgIpc) is 3.79. The Bertz CT molecular complexity index is 1750. The maximum atomic E-state index is 11.9. The van der Waals surface area contributed by atoms with Gasteiger partial charge in [-0.3, -0.25) is 19.2 Å². The van der Waals surface area contributed by atoms with E-state index in [1.54, 1.807) is 60.9 Å². The van der Waals surface area contributed by atoms with E-state index in [9.17, 15) is 19.2 Å². The number of hydrogen-bond acceptors (Lipinski definition) is 14. The molecule has 2 heterocycles. The monoisotopic (exact) mass is 728 g/mol. The van der Waals surface area contributed by atoms with Crippen LogP contribution in [0.3, 0.4) is 0 Å². The molecule has 0 fully saturated rings. The average molecular weight is 729 g/mol. The third kappa shape index (κ3) is 9.24. The van der Waals surface area contributed by atoms with E-state index < -0.39 is 36.7 Å². The lowest BCUT2D eigenvalue weighted by Crippen LogP contribution is -2.18. The molecule has 252 valence electrons. The van der Waals surface area contributed by atoms with Gasteiger partial charge in [-0.25, -0.2) is 0 Å². The minimum absolute atomic E-state index is 0.0106. The minimum Gasteiger partial charge on any atom is -0.490 e. The number of hydrogen-bond donors (Lipinski definition) is 0. The molecule has 2 aliphatic heterocycles. The van der Waals surface area contributed by atoms with Gasteiger partial charge in [-0.05, 0) is 93.4 Å². The van der Waals surface area contributed by atoms with E-state index in [-0.39, 0.29) is 39.6 Å². The van der Waals surface area contributed by atoms with Crippen molar-refractivity contribution >= 4 is 101 Å². The zero-order chi connectivity index (χ0) is 33.9. The number of esters is 4. The van der Waals surface area contributed by atoms with Crippen molar-refractivity contribution in [1.82, 2.24) is 0 Å². The molecule has 2 aliphatic rings. The van der Waals surface area contributed by atoms with Crippen LogP contribution in [-0.2, 0) is 38.1 Å². The Morgan fingerprint density at radius 2 is 0.875 bits per heavy atom. The highest BCUT2D eigenvalue weighted by molar-refractivity contribution is 8.35. The van der Waals surface area contributed by atoms with Crippen LogP contribution in [0.2, 0.25) is 0 Å². The summed E-state index contributed by atoms with van der Waals surface area (Å²) in [5.74, 6) is -1.34. The Morgan fingerprint density at radius 3 is 1.25 bits per heavy atom. The van der Waals surface area contributed by atoms with Crippen molar-refractivity contribution in [3.63, 3.8) is 0 Å². The summed E-state index contributed by atoms with van der Waals surface area (Å²) in [6.07, 6.45) is -0.877. The van der Waals surface area contributed by atoms with Gasteiger partial charge in [-0.2, -0.15) is 0 Å². The van der Waals surface area contributed by atoms with E-state index in [0.29, 0.717) is 11.5 Å². The maximum Gasteiger partial charge on any atom is 0.317 e. The van der Waals surface area contributed by atoms with E-state index in [1.807, 2.05) is 36.4 Å². The molecule has 3 aromatic rings. The number of fused-ring (bicyclic) bond motifs is 2. The standard InChI is InChI=1S/C34H32O10S4/c1-3-39-27(35)19-29(37)43-11-9-41-21-5-7-23-25(17-21)31(33-45-13-14-46-33)24-8-6-22(18-26(24)32(23)34-47-15-16-48-34)42-10-12-44-30(38)20-28(36)40-4-2/h5-8,13-18H,3-4,9-12,19-20H2,1-2H3. The molecule has 0 saturated heterocycles. The molecule has 0 amide bonds. The Labute approximate surface area is 293 Å². The quantitative estimate of drug-likeness (QED) is 0.0655. The van der Waals surface area contributed by atoms with Gasteiger partial charge in [0.2, 0.25) is 0 Å². The summed E-state index contributed by atoms with van der Waals surface area (Å²) in [4.78, 5) is 46.9. The Hall–Kier alpha value is -3.72. The maximum absolute atomic E-state index is 11.9. The number of carbonyl (C=O) groups excluding carboxylic acids is 4. The zero-order valence-corrected chi connectivity index (χ0v) is 29.4. The second-order valence-electron chi connectivity index (χ2n) is 9.86. The predicted molar refractivity (Wildman–Crippen MR) is 192 cm³/mol. The van der Waals surface area contributed by atoms with E-state index in [0.717, 1.165) is 40.5 Å². The van der Waals surface area contributed by atoms with E-state index in [2.05, 4.69) is 21.6 Å². The summed E-state index contributed by atoms with van der Waals surface area (Å²) in [5.41, 5.74) is 0. The molecular weight excluding hydrogens is 697 g/mol. The molecule has 10 nitrogen and oxygen atoms in total. The first-order valence-electron chi connectivity index (χ1n) is 15.0. The molecule has 0 atom stereocenters. The first kappa shape index (κ1) is 35.6. The van der Waals surface area contributed by atoms with E-state index in [4.69, 9.17) is 28.4 Å². The number of rotatable bonds is 14. The SMILES string of the molecule is CCOC(=O)CC(=O)OCCOc1ccc2c(=C3SC=CS3)c3cc(OCCOC(=O)CC(=O)OCC)ccc3c(=C3SC=CS3)c2c1. The van der Waals surface area contributed by atoms with Gasteiger partial charge in [0.1, 0.15) is 50.8 Å². The van der Waals surface area contributed by atoms with Crippen LogP contribution in [0.25, 0.3) is 30.0 Å². The number of thioether (sulfide) groups is 4. The van der Waals surface area contributed by atoms with Gasteiger partial charge in [-0.1, -0.05) is 47.0 Å². The van der Waals surface area contributed by atoms with Crippen LogP contribution in [0.15, 0.2) is 58.0 Å². The molecule has 0 radical (unpaired) electrons. The Morgan fingerprint density at radius 1 is 0.500 bits per heavy atom. The van der Waals surface area contributed by atoms with Gasteiger partial charge < -0.3 is 28.4 Å². The van der Waals surface area contributed by atoms with Crippen molar-refractivity contribution in [3.05, 3.63) is 68.5 Å². The van der Waals surface area contributed by atoms with Gasteiger partial charge in [0, 0.05) is 10.4 Å². The lowest BCUT2D eigenvalue weighted by molar-refractivity contribution is -0.156. The molecule has 0 bridgehead atoms. The number of carbonyl (C=O) groups is 4. The fraction of sp³-hybridized carbons (Fsp3) is 0.294. The minimum atomic E-state index is -0.663. The van der Waals surface area contributed by atoms with Crippen molar-refractivity contribution < 1.29 is 47.6 Å². The highest BCUT2D eigenvalue weighted by Gasteiger charge is 2.18. The molecule has 0 N–H and O–H groups in total. The topological polar surface area (TPSA) is 124 Å². The van der Waals surface area contributed by atoms with Crippen LogP contribution in [0.1, 0.15) is 26.7 Å². The highest BCUT2D eigenvalue weighted by atomic mass is 32.2. The molecule has 3 aromatic carbocycles. The smallest absolute Gasteiger partial charge is 0.317 e. The second-order valence-corrected chi connectivity index (χ2v) is 14.0. The molecule has 0 spiro atoms. The van der Waals surface area contributed by atoms with Crippen molar-refractivity contribution in [3.8, 4) is 11.5 Å². The third-order valence-electron chi connectivity index (χ3n) is 6.70. The zero-order valence-electron chi connectivity index (χ0n) is 26.1. The van der Waals surface area contributed by atoms with E-state index in [1.165, 1.54) is 0 Å². The van der Waals surface area contributed by atoms with Crippen LogP contribution in [-0.4, -0.2) is 63.5 Å².